The molecule has 6 heteroatoms. The number of nitrogens with zero attached hydrogens (tertiary/aromatic N) is 4. The van der Waals surface area contributed by atoms with Crippen LogP contribution < -0.4 is 5.32 Å². The van der Waals surface area contributed by atoms with Gasteiger partial charge in [0.2, 0.25) is 0 Å². The Morgan fingerprint density at radius 2 is 1.95 bits per heavy atom. The summed E-state index contributed by atoms with van der Waals surface area (Å²) in [7, 11) is 0. The number of fused-ring (bicyclic) bond motifs is 1. The summed E-state index contributed by atoms with van der Waals surface area (Å²) in [5.41, 5.74) is 2.60. The van der Waals surface area contributed by atoms with Gasteiger partial charge in [0.25, 0.3) is 0 Å². The average Bonchev–Trinajstić information content (AvgIpc) is 2.85. The van der Waals surface area contributed by atoms with Crippen molar-refractivity contribution in [3.63, 3.8) is 0 Å². The van der Waals surface area contributed by atoms with Crippen LogP contribution in [0.15, 0.2) is 41.4 Å². The van der Waals surface area contributed by atoms with Gasteiger partial charge < -0.3 is 9.88 Å². The molecule has 0 radical (unpaired) electrons. The van der Waals surface area contributed by atoms with E-state index in [9.17, 15) is 0 Å². The highest BCUT2D eigenvalue weighted by Gasteiger charge is 2.09. The van der Waals surface area contributed by atoms with Crippen molar-refractivity contribution in [2.24, 2.45) is 0 Å². The van der Waals surface area contributed by atoms with E-state index in [1.807, 2.05) is 28.8 Å². The molecular weight excluding hydrogens is 306 g/mol. The number of halogens is 1. The van der Waals surface area contributed by atoms with Crippen LogP contribution in [0.5, 0.6) is 0 Å². The Labute approximate surface area is 118 Å². The van der Waals surface area contributed by atoms with E-state index >= 15 is 0 Å². The Bertz CT molecular complexity index is 705. The maximum atomic E-state index is 4.37. The van der Waals surface area contributed by atoms with Gasteiger partial charge in [-0.3, -0.25) is 0 Å². The first kappa shape index (κ1) is 12.1. The molecule has 0 saturated carbocycles. The number of imidazole rings is 1. The second kappa shape index (κ2) is 4.97. The standard InChI is InChI=1S/C13H12BrN5/c1-2-19-8-17-11-12(15-7-16-13(11)19)18-10-5-3-9(14)4-6-10/h3-8H,2H2,1H3,(H,15,16,18). The van der Waals surface area contributed by atoms with Gasteiger partial charge in [-0.25, -0.2) is 15.0 Å². The zero-order valence-electron chi connectivity index (χ0n) is 10.3. The van der Waals surface area contributed by atoms with Gasteiger partial charge in [0.05, 0.1) is 6.33 Å². The molecule has 2 heterocycles. The highest BCUT2D eigenvalue weighted by atomic mass is 79.9. The summed E-state index contributed by atoms with van der Waals surface area (Å²) in [6, 6.07) is 7.92. The lowest BCUT2D eigenvalue weighted by Crippen LogP contribution is -1.98. The number of rotatable bonds is 3. The van der Waals surface area contributed by atoms with Gasteiger partial charge in [-0.2, -0.15) is 0 Å². The number of benzene rings is 1. The predicted molar refractivity (Wildman–Crippen MR) is 78.4 cm³/mol. The minimum absolute atomic E-state index is 0.722. The molecule has 1 aromatic carbocycles. The van der Waals surface area contributed by atoms with Crippen LogP contribution >= 0.6 is 15.9 Å². The lowest BCUT2D eigenvalue weighted by Gasteiger charge is -2.06. The molecule has 0 atom stereocenters. The highest BCUT2D eigenvalue weighted by Crippen LogP contribution is 2.22. The fourth-order valence-corrected chi connectivity index (χ4v) is 2.14. The summed E-state index contributed by atoms with van der Waals surface area (Å²) in [5.74, 6) is 0.722. The topological polar surface area (TPSA) is 55.6 Å². The molecule has 19 heavy (non-hydrogen) atoms. The molecule has 3 aromatic rings. The molecule has 5 nitrogen and oxygen atoms in total. The van der Waals surface area contributed by atoms with Crippen LogP contribution in [0, 0.1) is 0 Å². The summed E-state index contributed by atoms with van der Waals surface area (Å²) >= 11 is 3.41. The van der Waals surface area contributed by atoms with E-state index in [1.54, 1.807) is 12.7 Å². The van der Waals surface area contributed by atoms with Crippen molar-refractivity contribution in [3.8, 4) is 0 Å². The number of aryl methyl sites for hydroxylation is 1. The predicted octanol–water partition coefficient (Wildman–Crippen LogP) is 3.35. The summed E-state index contributed by atoms with van der Waals surface area (Å²) in [5, 5.41) is 3.26. The Kier molecular flexibility index (Phi) is 3.16. The van der Waals surface area contributed by atoms with E-state index in [0.29, 0.717) is 0 Å². The molecule has 0 saturated heterocycles. The largest absolute Gasteiger partial charge is 0.338 e. The van der Waals surface area contributed by atoms with Crippen molar-refractivity contribution in [2.45, 2.75) is 13.5 Å². The van der Waals surface area contributed by atoms with Crippen molar-refractivity contribution >= 4 is 38.6 Å². The molecular formula is C13H12BrN5. The molecule has 0 fully saturated rings. The van der Waals surface area contributed by atoms with E-state index in [0.717, 1.165) is 33.7 Å². The van der Waals surface area contributed by atoms with Crippen LogP contribution in [0.25, 0.3) is 11.2 Å². The highest BCUT2D eigenvalue weighted by molar-refractivity contribution is 9.10. The number of hydrogen-bond donors (Lipinski definition) is 1. The summed E-state index contributed by atoms with van der Waals surface area (Å²) in [4.78, 5) is 12.9. The van der Waals surface area contributed by atoms with Gasteiger partial charge in [-0.1, -0.05) is 15.9 Å². The first-order chi connectivity index (χ1) is 9.28. The van der Waals surface area contributed by atoms with Crippen molar-refractivity contribution in [3.05, 3.63) is 41.4 Å². The van der Waals surface area contributed by atoms with Crippen molar-refractivity contribution in [2.75, 3.05) is 5.32 Å². The minimum Gasteiger partial charge on any atom is -0.338 e. The summed E-state index contributed by atoms with van der Waals surface area (Å²) < 4.78 is 3.03. The third-order valence-corrected chi connectivity index (χ3v) is 3.38. The normalized spacial score (nSPS) is 10.8. The molecule has 2 aromatic heterocycles. The second-order valence-electron chi connectivity index (χ2n) is 4.06. The molecule has 1 N–H and O–H groups in total. The van der Waals surface area contributed by atoms with E-state index in [2.05, 4.69) is 43.1 Å². The summed E-state index contributed by atoms with van der Waals surface area (Å²) in [6.07, 6.45) is 3.34. The maximum absolute atomic E-state index is 4.37. The maximum Gasteiger partial charge on any atom is 0.165 e. The van der Waals surface area contributed by atoms with Crippen LogP contribution in [0.1, 0.15) is 6.92 Å². The smallest absolute Gasteiger partial charge is 0.165 e. The molecule has 0 amide bonds. The molecule has 3 rings (SSSR count). The van der Waals surface area contributed by atoms with Gasteiger partial charge >= 0.3 is 0 Å². The first-order valence-electron chi connectivity index (χ1n) is 5.96. The molecule has 0 bridgehead atoms. The second-order valence-corrected chi connectivity index (χ2v) is 4.97. The third kappa shape index (κ3) is 2.31. The van der Waals surface area contributed by atoms with Crippen LogP contribution in [0.2, 0.25) is 0 Å². The monoisotopic (exact) mass is 317 g/mol. The van der Waals surface area contributed by atoms with Crippen LogP contribution in [0.4, 0.5) is 11.5 Å². The zero-order valence-corrected chi connectivity index (χ0v) is 11.9. The van der Waals surface area contributed by atoms with E-state index < -0.39 is 0 Å². The number of aromatic nitrogens is 4. The Hall–Kier alpha value is -1.95. The lowest BCUT2D eigenvalue weighted by atomic mass is 10.3. The van der Waals surface area contributed by atoms with E-state index in [1.165, 1.54) is 0 Å². The molecule has 0 spiro atoms. The minimum atomic E-state index is 0.722. The van der Waals surface area contributed by atoms with Gasteiger partial charge in [-0.05, 0) is 31.2 Å². The number of hydrogen-bond acceptors (Lipinski definition) is 4. The van der Waals surface area contributed by atoms with Crippen molar-refractivity contribution < 1.29 is 0 Å². The fraction of sp³-hybridized carbons (Fsp3) is 0.154. The SMILES string of the molecule is CCn1cnc2c(Nc3ccc(Br)cc3)ncnc21. The van der Waals surface area contributed by atoms with Crippen LogP contribution in [-0.4, -0.2) is 19.5 Å². The van der Waals surface area contributed by atoms with Crippen LogP contribution in [-0.2, 0) is 6.54 Å². The molecule has 0 unspecified atom stereocenters. The quantitative estimate of drug-likeness (QED) is 0.804. The third-order valence-electron chi connectivity index (χ3n) is 2.85. The number of nitrogens with one attached hydrogen (secondary N) is 1. The van der Waals surface area contributed by atoms with Gasteiger partial charge in [0.1, 0.15) is 6.33 Å². The first-order valence-corrected chi connectivity index (χ1v) is 6.75. The fourth-order valence-electron chi connectivity index (χ4n) is 1.87. The summed E-state index contributed by atoms with van der Waals surface area (Å²) in [6.45, 7) is 2.90. The van der Waals surface area contributed by atoms with Crippen molar-refractivity contribution in [1.29, 1.82) is 0 Å². The Balaban J connectivity index is 2.01. The molecule has 0 aliphatic rings. The zero-order chi connectivity index (χ0) is 13.2. The van der Waals surface area contributed by atoms with Gasteiger partial charge in [0.15, 0.2) is 17.0 Å². The molecule has 0 aliphatic heterocycles. The Morgan fingerprint density at radius 3 is 2.68 bits per heavy atom. The average molecular weight is 318 g/mol. The number of anilines is 2. The van der Waals surface area contributed by atoms with Crippen molar-refractivity contribution in [1.82, 2.24) is 19.5 Å². The van der Waals surface area contributed by atoms with E-state index in [-0.39, 0.29) is 0 Å². The van der Waals surface area contributed by atoms with E-state index in [4.69, 9.17) is 0 Å². The molecule has 0 aliphatic carbocycles. The lowest BCUT2D eigenvalue weighted by molar-refractivity contribution is 0.777. The van der Waals surface area contributed by atoms with Gasteiger partial charge in [-0.15, -0.1) is 0 Å². The molecule has 96 valence electrons. The van der Waals surface area contributed by atoms with Crippen LogP contribution in [0.3, 0.4) is 0 Å². The Morgan fingerprint density at radius 1 is 1.16 bits per heavy atom. The van der Waals surface area contributed by atoms with Gasteiger partial charge in [0, 0.05) is 16.7 Å².